The lowest BCUT2D eigenvalue weighted by atomic mass is 9.92. The second-order valence-corrected chi connectivity index (χ2v) is 3.77. The molecule has 0 amide bonds. The Morgan fingerprint density at radius 1 is 1.33 bits per heavy atom. The molecule has 0 radical (unpaired) electrons. The number of hydrogen-bond donors (Lipinski definition) is 2. The van der Waals surface area contributed by atoms with Crippen LogP contribution in [0.5, 0.6) is 5.75 Å². The van der Waals surface area contributed by atoms with Crippen molar-refractivity contribution in [1.29, 1.82) is 0 Å². The maximum absolute atomic E-state index is 9.85. The Hall–Kier alpha value is -1.06. The molecule has 0 aromatic heterocycles. The second-order valence-electron chi connectivity index (χ2n) is 3.77. The van der Waals surface area contributed by atoms with Gasteiger partial charge < -0.3 is 9.99 Å². The molecule has 0 bridgehead atoms. The molecule has 0 aliphatic carbocycles. The van der Waals surface area contributed by atoms with Gasteiger partial charge in [0.05, 0.1) is 6.10 Å². The number of hydrogen-bond acceptors (Lipinski definition) is 3. The number of benzene rings is 1. The third-order valence-corrected chi connectivity index (χ3v) is 2.67. The molecule has 2 unspecified atom stereocenters. The lowest BCUT2D eigenvalue weighted by molar-refractivity contribution is -0.138. The van der Waals surface area contributed by atoms with Gasteiger partial charge in [-0.15, -0.1) is 0 Å². The van der Waals surface area contributed by atoms with Crippen LogP contribution in [0, 0.1) is 0 Å². The first-order chi connectivity index (χ1) is 7.20. The van der Waals surface area contributed by atoms with E-state index < -0.39 is 6.10 Å². The lowest BCUT2D eigenvalue weighted by Gasteiger charge is -2.19. The molecule has 84 valence electrons. The van der Waals surface area contributed by atoms with Gasteiger partial charge in [-0.05, 0) is 12.5 Å². The summed E-state index contributed by atoms with van der Waals surface area (Å²) in [5.41, 5.74) is 0.834. The van der Waals surface area contributed by atoms with Crippen LogP contribution in [0.4, 0.5) is 0 Å². The first-order valence-electron chi connectivity index (χ1n) is 5.29. The molecular weight excluding hydrogens is 192 g/mol. The smallest absolute Gasteiger partial charge is 0.168 e. The minimum atomic E-state index is -0.397. The molecule has 0 aliphatic heterocycles. The van der Waals surface area contributed by atoms with Gasteiger partial charge in [-0.1, -0.05) is 38.5 Å². The third kappa shape index (κ3) is 2.94. The molecule has 0 saturated heterocycles. The number of rotatable bonds is 5. The molecule has 0 spiro atoms. The Kier molecular flexibility index (Phi) is 4.59. The molecule has 1 aromatic carbocycles. The topological polar surface area (TPSA) is 49.7 Å². The van der Waals surface area contributed by atoms with Crippen LogP contribution in [-0.4, -0.2) is 16.5 Å². The van der Waals surface area contributed by atoms with Crippen molar-refractivity contribution in [3.05, 3.63) is 29.8 Å². The van der Waals surface area contributed by atoms with E-state index in [4.69, 9.17) is 5.26 Å². The summed E-state index contributed by atoms with van der Waals surface area (Å²) in [4.78, 5) is 4.28. The predicted octanol–water partition coefficient (Wildman–Crippen LogP) is 2.80. The number of aliphatic hydroxyl groups excluding tert-OH is 1. The maximum Gasteiger partial charge on any atom is 0.168 e. The van der Waals surface area contributed by atoms with Crippen LogP contribution in [0.3, 0.4) is 0 Å². The van der Waals surface area contributed by atoms with Crippen molar-refractivity contribution in [2.75, 3.05) is 0 Å². The van der Waals surface area contributed by atoms with E-state index in [0.29, 0.717) is 5.75 Å². The van der Waals surface area contributed by atoms with Crippen LogP contribution >= 0.6 is 0 Å². The minimum absolute atomic E-state index is 0.0340. The van der Waals surface area contributed by atoms with Gasteiger partial charge in [0.15, 0.2) is 5.75 Å². The van der Waals surface area contributed by atoms with E-state index in [1.54, 1.807) is 12.1 Å². The Morgan fingerprint density at radius 3 is 2.60 bits per heavy atom. The van der Waals surface area contributed by atoms with Crippen LogP contribution in [0.25, 0.3) is 0 Å². The van der Waals surface area contributed by atoms with Gasteiger partial charge in [-0.25, -0.2) is 5.26 Å². The molecule has 15 heavy (non-hydrogen) atoms. The van der Waals surface area contributed by atoms with Gasteiger partial charge in [0.2, 0.25) is 0 Å². The van der Waals surface area contributed by atoms with Gasteiger partial charge >= 0.3 is 0 Å². The molecule has 2 N–H and O–H groups in total. The van der Waals surface area contributed by atoms with Gasteiger partial charge in [0, 0.05) is 11.5 Å². The highest BCUT2D eigenvalue weighted by molar-refractivity contribution is 5.36. The molecule has 1 rings (SSSR count). The van der Waals surface area contributed by atoms with Gasteiger partial charge in [-0.3, -0.25) is 0 Å². The van der Waals surface area contributed by atoms with Crippen molar-refractivity contribution in [2.45, 2.75) is 38.7 Å². The van der Waals surface area contributed by atoms with Crippen molar-refractivity contribution in [3.63, 3.8) is 0 Å². The first-order valence-corrected chi connectivity index (χ1v) is 5.29. The van der Waals surface area contributed by atoms with Crippen LogP contribution in [0.1, 0.15) is 38.2 Å². The quantitative estimate of drug-likeness (QED) is 0.580. The van der Waals surface area contributed by atoms with E-state index >= 15 is 0 Å². The summed E-state index contributed by atoms with van der Waals surface area (Å²) in [7, 11) is 0. The largest absolute Gasteiger partial charge is 0.393 e. The van der Waals surface area contributed by atoms with Crippen molar-refractivity contribution < 1.29 is 15.3 Å². The molecule has 3 nitrogen and oxygen atoms in total. The first kappa shape index (κ1) is 12.0. The summed E-state index contributed by atoms with van der Waals surface area (Å²) in [6, 6.07) is 7.20. The van der Waals surface area contributed by atoms with Crippen LogP contribution in [0.15, 0.2) is 24.3 Å². The van der Waals surface area contributed by atoms with Crippen LogP contribution in [-0.2, 0) is 0 Å². The zero-order chi connectivity index (χ0) is 11.3. The number of para-hydroxylation sites is 1. The zero-order valence-corrected chi connectivity index (χ0v) is 9.18. The van der Waals surface area contributed by atoms with Crippen molar-refractivity contribution in [1.82, 2.24) is 0 Å². The lowest BCUT2D eigenvalue weighted by Crippen LogP contribution is -2.16. The minimum Gasteiger partial charge on any atom is -0.393 e. The van der Waals surface area contributed by atoms with E-state index in [9.17, 15) is 5.11 Å². The summed E-state index contributed by atoms with van der Waals surface area (Å²) in [6.45, 7) is 3.96. The highest BCUT2D eigenvalue weighted by Gasteiger charge is 2.18. The van der Waals surface area contributed by atoms with Crippen molar-refractivity contribution >= 4 is 0 Å². The van der Waals surface area contributed by atoms with Crippen molar-refractivity contribution in [2.24, 2.45) is 0 Å². The van der Waals surface area contributed by atoms with E-state index in [0.717, 1.165) is 18.4 Å². The number of aliphatic hydroxyl groups is 1. The van der Waals surface area contributed by atoms with Gasteiger partial charge in [0.25, 0.3) is 0 Å². The summed E-state index contributed by atoms with van der Waals surface area (Å²) in [6.07, 6.45) is 1.29. The highest BCUT2D eigenvalue weighted by atomic mass is 17.1. The SMILES string of the molecule is CCCC(O)C(C)c1ccccc1OO. The summed E-state index contributed by atoms with van der Waals surface area (Å²) in [5.74, 6) is 0.383. The summed E-state index contributed by atoms with van der Waals surface area (Å²) in [5, 5.41) is 18.6. The summed E-state index contributed by atoms with van der Waals surface area (Å²) < 4.78 is 0. The van der Waals surface area contributed by atoms with E-state index in [1.807, 2.05) is 26.0 Å². The molecule has 0 fully saturated rings. The molecule has 0 saturated carbocycles. The van der Waals surface area contributed by atoms with Crippen LogP contribution in [0.2, 0.25) is 0 Å². The molecule has 1 aromatic rings. The van der Waals surface area contributed by atoms with E-state index in [-0.39, 0.29) is 5.92 Å². The zero-order valence-electron chi connectivity index (χ0n) is 9.18. The normalized spacial score (nSPS) is 14.7. The molecule has 0 heterocycles. The Bertz CT molecular complexity index is 299. The predicted molar refractivity (Wildman–Crippen MR) is 59.0 cm³/mol. The summed E-state index contributed by atoms with van der Waals surface area (Å²) >= 11 is 0. The Balaban J connectivity index is 2.84. The highest BCUT2D eigenvalue weighted by Crippen LogP contribution is 2.29. The second kappa shape index (κ2) is 5.73. The standard InChI is InChI=1S/C12H18O3/c1-3-6-11(13)9(2)10-7-4-5-8-12(10)15-14/h4-5,7-9,11,13-14H,3,6H2,1-2H3. The fraction of sp³-hybridized carbons (Fsp3) is 0.500. The molecule has 0 aliphatic rings. The fourth-order valence-electron chi connectivity index (χ4n) is 1.69. The molecule has 3 heteroatoms. The molecular formula is C12H18O3. The fourth-order valence-corrected chi connectivity index (χ4v) is 1.69. The monoisotopic (exact) mass is 210 g/mol. The van der Waals surface area contributed by atoms with E-state index in [2.05, 4.69) is 4.89 Å². The van der Waals surface area contributed by atoms with Crippen LogP contribution < -0.4 is 4.89 Å². The van der Waals surface area contributed by atoms with Crippen molar-refractivity contribution in [3.8, 4) is 5.75 Å². The Labute approximate surface area is 90.3 Å². The Morgan fingerprint density at radius 2 is 2.00 bits per heavy atom. The average molecular weight is 210 g/mol. The van der Waals surface area contributed by atoms with Gasteiger partial charge in [0.1, 0.15) is 0 Å². The molecule has 2 atom stereocenters. The maximum atomic E-state index is 9.85. The van der Waals surface area contributed by atoms with E-state index in [1.165, 1.54) is 0 Å². The van der Waals surface area contributed by atoms with Gasteiger partial charge in [-0.2, -0.15) is 0 Å². The average Bonchev–Trinajstić information content (AvgIpc) is 2.28. The third-order valence-electron chi connectivity index (χ3n) is 2.67.